The molecule has 0 aromatic heterocycles. The van der Waals surface area contributed by atoms with Crippen LogP contribution < -0.4 is 0 Å². The Labute approximate surface area is 102 Å². The van der Waals surface area contributed by atoms with Crippen molar-refractivity contribution in [3.8, 4) is 0 Å². The van der Waals surface area contributed by atoms with Crippen LogP contribution in [0.4, 0.5) is 0 Å². The van der Waals surface area contributed by atoms with Gasteiger partial charge in [0.25, 0.3) is 0 Å². The molecule has 0 spiro atoms. The molecule has 0 atom stereocenters. The van der Waals surface area contributed by atoms with Crippen LogP contribution in [0.15, 0.2) is 12.7 Å². The number of aliphatic hydroxyl groups excluding tert-OH is 2. The molecule has 0 aliphatic rings. The molecule has 17 heavy (non-hydrogen) atoms. The molecule has 0 bridgehead atoms. The highest BCUT2D eigenvalue weighted by Gasteiger charge is 1.86. The van der Waals surface area contributed by atoms with Gasteiger partial charge in [0.05, 0.1) is 39.6 Å². The molecule has 0 aliphatic carbocycles. The van der Waals surface area contributed by atoms with Gasteiger partial charge in [-0.1, -0.05) is 12.7 Å². The van der Waals surface area contributed by atoms with Gasteiger partial charge in [0.1, 0.15) is 6.61 Å². The van der Waals surface area contributed by atoms with Crippen molar-refractivity contribution >= 4 is 5.97 Å². The molecule has 0 aliphatic heterocycles. The largest absolute Gasteiger partial charge is 0.462 e. The molecule has 6 heteroatoms. The van der Waals surface area contributed by atoms with Crippen LogP contribution in [-0.2, 0) is 19.0 Å². The van der Waals surface area contributed by atoms with Gasteiger partial charge in [-0.2, -0.15) is 0 Å². The van der Waals surface area contributed by atoms with E-state index in [-0.39, 0.29) is 19.2 Å². The summed E-state index contributed by atoms with van der Waals surface area (Å²) in [5.41, 5.74) is 0. The van der Waals surface area contributed by atoms with Gasteiger partial charge in [-0.25, -0.2) is 0 Å². The fraction of sp³-hybridized carbons (Fsp3) is 0.727. The Bertz CT molecular complexity index is 163. The van der Waals surface area contributed by atoms with Crippen LogP contribution in [0.1, 0.15) is 6.92 Å². The molecule has 0 aromatic rings. The third-order valence-corrected chi connectivity index (χ3v) is 1.25. The van der Waals surface area contributed by atoms with E-state index in [0.717, 1.165) is 0 Å². The summed E-state index contributed by atoms with van der Waals surface area (Å²) < 4.78 is 14.2. The highest BCUT2D eigenvalue weighted by Crippen LogP contribution is 1.76. The maximum absolute atomic E-state index is 9.93. The Kier molecular flexibility index (Phi) is 18.9. The standard InChI is InChI=1S/C6H14O4.C5H8O2/c7-1-3-9-5-6-10-4-2-8;1-3-4-7-5(2)6/h7-8H,1-6H2;3H,1,4H2,2H3. The lowest BCUT2D eigenvalue weighted by molar-refractivity contribution is -0.139. The first-order valence-electron chi connectivity index (χ1n) is 5.30. The topological polar surface area (TPSA) is 85.2 Å². The van der Waals surface area contributed by atoms with E-state index >= 15 is 0 Å². The molecule has 0 saturated heterocycles. The number of carbonyl (C=O) groups is 1. The van der Waals surface area contributed by atoms with E-state index in [0.29, 0.717) is 33.0 Å². The molecule has 0 rings (SSSR count). The van der Waals surface area contributed by atoms with Crippen LogP contribution in [-0.4, -0.2) is 62.4 Å². The number of ether oxygens (including phenoxy) is 3. The predicted octanol–water partition coefficient (Wildman–Crippen LogP) is -0.260. The summed E-state index contributed by atoms with van der Waals surface area (Å²) in [7, 11) is 0. The number of carbonyl (C=O) groups excluding carboxylic acids is 1. The van der Waals surface area contributed by atoms with Crippen LogP contribution in [0.5, 0.6) is 0 Å². The number of hydrogen-bond acceptors (Lipinski definition) is 6. The van der Waals surface area contributed by atoms with E-state index < -0.39 is 0 Å². The third-order valence-electron chi connectivity index (χ3n) is 1.25. The van der Waals surface area contributed by atoms with Crippen molar-refractivity contribution in [3.05, 3.63) is 12.7 Å². The zero-order chi connectivity index (χ0) is 13.4. The minimum Gasteiger partial charge on any atom is -0.462 e. The lowest BCUT2D eigenvalue weighted by Crippen LogP contribution is -2.09. The molecule has 2 N–H and O–H groups in total. The Morgan fingerprint density at radius 2 is 1.59 bits per heavy atom. The molecular formula is C11H22O6. The maximum atomic E-state index is 9.93. The minimum atomic E-state index is -0.264. The van der Waals surface area contributed by atoms with Crippen LogP contribution in [0.3, 0.4) is 0 Å². The van der Waals surface area contributed by atoms with Crippen molar-refractivity contribution in [3.63, 3.8) is 0 Å². The summed E-state index contributed by atoms with van der Waals surface area (Å²) in [5.74, 6) is -0.264. The average molecular weight is 250 g/mol. The van der Waals surface area contributed by atoms with E-state index in [4.69, 9.17) is 19.7 Å². The lowest BCUT2D eigenvalue weighted by Gasteiger charge is -2.01. The Morgan fingerprint density at radius 3 is 1.82 bits per heavy atom. The summed E-state index contributed by atoms with van der Waals surface area (Å²) in [6, 6.07) is 0. The Morgan fingerprint density at radius 1 is 1.12 bits per heavy atom. The van der Waals surface area contributed by atoms with Crippen molar-refractivity contribution in [2.75, 3.05) is 46.2 Å². The zero-order valence-corrected chi connectivity index (χ0v) is 10.3. The first kappa shape index (κ1) is 18.4. The van der Waals surface area contributed by atoms with Crippen LogP contribution in [0.25, 0.3) is 0 Å². The fourth-order valence-electron chi connectivity index (χ4n) is 0.627. The van der Waals surface area contributed by atoms with Crippen molar-refractivity contribution < 1.29 is 29.2 Å². The van der Waals surface area contributed by atoms with Crippen LogP contribution in [0, 0.1) is 0 Å². The van der Waals surface area contributed by atoms with E-state index in [1.54, 1.807) is 0 Å². The second kappa shape index (κ2) is 17.4. The van der Waals surface area contributed by atoms with Gasteiger partial charge in [0.15, 0.2) is 0 Å². The normalized spacial score (nSPS) is 9.12. The van der Waals surface area contributed by atoms with E-state index in [1.807, 2.05) is 0 Å². The van der Waals surface area contributed by atoms with E-state index in [9.17, 15) is 4.79 Å². The van der Waals surface area contributed by atoms with Crippen molar-refractivity contribution in [2.24, 2.45) is 0 Å². The van der Waals surface area contributed by atoms with Gasteiger partial charge in [-0.15, -0.1) is 0 Å². The van der Waals surface area contributed by atoms with E-state index in [1.165, 1.54) is 13.0 Å². The summed E-state index contributed by atoms with van der Waals surface area (Å²) in [6.45, 7) is 6.76. The van der Waals surface area contributed by atoms with Gasteiger partial charge >= 0.3 is 5.97 Å². The number of rotatable bonds is 9. The Balaban J connectivity index is 0. The number of aliphatic hydroxyl groups is 2. The SMILES string of the molecule is C=CCOC(C)=O.OCCOCCOCCO. The average Bonchev–Trinajstić information content (AvgIpc) is 2.32. The first-order chi connectivity index (χ1) is 8.18. The van der Waals surface area contributed by atoms with Crippen molar-refractivity contribution in [1.29, 1.82) is 0 Å². The van der Waals surface area contributed by atoms with Gasteiger partial charge in [0, 0.05) is 6.92 Å². The smallest absolute Gasteiger partial charge is 0.302 e. The quantitative estimate of drug-likeness (QED) is 0.333. The molecule has 0 saturated carbocycles. The second-order valence-corrected chi connectivity index (χ2v) is 2.76. The third kappa shape index (κ3) is 25.4. The van der Waals surface area contributed by atoms with Gasteiger partial charge in [0.2, 0.25) is 0 Å². The van der Waals surface area contributed by atoms with Gasteiger partial charge in [-0.3, -0.25) is 4.79 Å². The maximum Gasteiger partial charge on any atom is 0.302 e. The number of esters is 1. The fourth-order valence-corrected chi connectivity index (χ4v) is 0.627. The highest BCUT2D eigenvalue weighted by atomic mass is 16.5. The van der Waals surface area contributed by atoms with Crippen molar-refractivity contribution in [1.82, 2.24) is 0 Å². The lowest BCUT2D eigenvalue weighted by atomic mass is 10.7. The summed E-state index contributed by atoms with van der Waals surface area (Å²) >= 11 is 0. The molecule has 0 aromatic carbocycles. The minimum absolute atomic E-state index is 0.0417. The highest BCUT2D eigenvalue weighted by molar-refractivity contribution is 5.65. The van der Waals surface area contributed by atoms with Gasteiger partial charge < -0.3 is 24.4 Å². The number of hydrogen-bond donors (Lipinski definition) is 2. The molecule has 102 valence electrons. The molecule has 0 amide bonds. The monoisotopic (exact) mass is 250 g/mol. The Hall–Kier alpha value is -0.950. The summed E-state index contributed by atoms with van der Waals surface area (Å²) in [6.07, 6.45) is 1.53. The predicted molar refractivity (Wildman–Crippen MR) is 62.6 cm³/mol. The molecule has 0 fully saturated rings. The molecule has 6 nitrogen and oxygen atoms in total. The van der Waals surface area contributed by atoms with Crippen LogP contribution in [0.2, 0.25) is 0 Å². The van der Waals surface area contributed by atoms with Gasteiger partial charge in [-0.05, 0) is 0 Å². The first-order valence-corrected chi connectivity index (χ1v) is 5.30. The zero-order valence-electron chi connectivity index (χ0n) is 10.3. The molecule has 0 unspecified atom stereocenters. The second-order valence-electron chi connectivity index (χ2n) is 2.76. The molecule has 0 heterocycles. The van der Waals surface area contributed by atoms with Crippen LogP contribution >= 0.6 is 0 Å². The summed E-state index contributed by atoms with van der Waals surface area (Å²) in [4.78, 5) is 9.93. The van der Waals surface area contributed by atoms with Crippen molar-refractivity contribution in [2.45, 2.75) is 6.92 Å². The van der Waals surface area contributed by atoms with E-state index in [2.05, 4.69) is 11.3 Å². The molecular weight excluding hydrogens is 228 g/mol. The summed E-state index contributed by atoms with van der Waals surface area (Å²) in [5, 5.41) is 16.5. The molecule has 0 radical (unpaired) electrons.